The molecule has 0 aliphatic carbocycles. The Kier molecular flexibility index (Phi) is 5.80. The lowest BCUT2D eigenvalue weighted by molar-refractivity contribution is 0.0662. The summed E-state index contributed by atoms with van der Waals surface area (Å²) >= 11 is 6.15. The van der Waals surface area contributed by atoms with Gasteiger partial charge in [0.2, 0.25) is 6.79 Å². The summed E-state index contributed by atoms with van der Waals surface area (Å²) in [6.45, 7) is 6.80. The number of halogens is 1. The van der Waals surface area contributed by atoms with E-state index in [4.69, 9.17) is 25.8 Å². The first-order valence-corrected chi connectivity index (χ1v) is 9.90. The first kappa shape index (κ1) is 19.2. The Morgan fingerprint density at radius 3 is 2.68 bits per heavy atom. The van der Waals surface area contributed by atoms with Crippen LogP contribution in [-0.4, -0.2) is 62.2 Å². The fraction of sp³-hybridized carbons (Fsp3) is 0.429. The molecule has 0 aromatic heterocycles. The average molecular weight is 405 g/mol. The minimum Gasteiger partial charge on any atom is -0.491 e. The molecular weight excluding hydrogens is 380 g/mol. The second kappa shape index (κ2) is 8.47. The molecule has 2 aromatic rings. The normalized spacial score (nSPS) is 17.6. The van der Waals surface area contributed by atoms with E-state index in [0.29, 0.717) is 18.0 Å². The lowest BCUT2D eigenvalue weighted by Crippen LogP contribution is -2.49. The minimum atomic E-state index is -0.551. The first-order valence-electron chi connectivity index (χ1n) is 9.52. The van der Waals surface area contributed by atoms with Crippen molar-refractivity contribution in [3.63, 3.8) is 0 Å². The van der Waals surface area contributed by atoms with Gasteiger partial charge in [-0.2, -0.15) is 0 Å². The highest BCUT2D eigenvalue weighted by atomic mass is 35.5. The molecule has 4 rings (SSSR count). The van der Waals surface area contributed by atoms with Crippen LogP contribution in [0.25, 0.3) is 0 Å². The maximum Gasteiger partial charge on any atom is 0.231 e. The molecule has 0 spiro atoms. The van der Waals surface area contributed by atoms with Crippen molar-refractivity contribution in [1.82, 2.24) is 4.90 Å². The number of fused-ring (bicyclic) bond motifs is 1. The van der Waals surface area contributed by atoms with Crippen LogP contribution in [0.15, 0.2) is 36.4 Å². The van der Waals surface area contributed by atoms with Gasteiger partial charge in [-0.3, -0.25) is 4.90 Å². The number of aliphatic hydroxyl groups is 1. The summed E-state index contributed by atoms with van der Waals surface area (Å²) in [6.07, 6.45) is -0.551. The van der Waals surface area contributed by atoms with Crippen molar-refractivity contribution in [3.05, 3.63) is 47.0 Å². The van der Waals surface area contributed by atoms with Gasteiger partial charge in [0.15, 0.2) is 11.5 Å². The minimum absolute atomic E-state index is 0.238. The number of anilines is 1. The number of β-amino-alcohol motifs (C(OH)–C–C–N with tert-alkyl or cyclic N) is 1. The number of nitrogens with zero attached hydrogens (tertiary/aromatic N) is 2. The van der Waals surface area contributed by atoms with Crippen molar-refractivity contribution in [2.24, 2.45) is 0 Å². The molecule has 150 valence electrons. The number of hydrogen-bond donors (Lipinski definition) is 1. The Hall–Kier alpha value is -2.15. The third kappa shape index (κ3) is 4.46. The summed E-state index contributed by atoms with van der Waals surface area (Å²) in [4.78, 5) is 4.62. The van der Waals surface area contributed by atoms with E-state index in [0.717, 1.165) is 37.0 Å². The zero-order chi connectivity index (χ0) is 19.5. The Morgan fingerprint density at radius 2 is 1.86 bits per heavy atom. The molecular formula is C21H25ClN2O4. The Bertz CT molecular complexity index is 824. The highest BCUT2D eigenvalue weighted by Crippen LogP contribution is 2.35. The van der Waals surface area contributed by atoms with Gasteiger partial charge in [-0.15, -0.1) is 0 Å². The van der Waals surface area contributed by atoms with Gasteiger partial charge in [0.25, 0.3) is 0 Å². The SMILES string of the molecule is Cc1ccc(Cl)cc1N1CCN(C[C@@H](O)COc2ccc3c(c2)OCO3)CC1. The second-order valence-electron chi connectivity index (χ2n) is 7.20. The summed E-state index contributed by atoms with van der Waals surface area (Å²) in [7, 11) is 0. The molecule has 28 heavy (non-hydrogen) atoms. The third-order valence-corrected chi connectivity index (χ3v) is 5.37. The largest absolute Gasteiger partial charge is 0.491 e. The topological polar surface area (TPSA) is 54.4 Å². The molecule has 2 aliphatic heterocycles. The predicted octanol–water partition coefficient (Wildman–Crippen LogP) is 2.94. The van der Waals surface area contributed by atoms with E-state index in [1.807, 2.05) is 24.3 Å². The molecule has 2 aliphatic rings. The molecule has 6 nitrogen and oxygen atoms in total. The number of aryl methyl sites for hydroxylation is 1. The zero-order valence-corrected chi connectivity index (χ0v) is 16.7. The van der Waals surface area contributed by atoms with E-state index in [9.17, 15) is 5.11 Å². The fourth-order valence-electron chi connectivity index (χ4n) is 3.60. The maximum atomic E-state index is 10.4. The summed E-state index contributed by atoms with van der Waals surface area (Å²) in [6, 6.07) is 11.4. The van der Waals surface area contributed by atoms with Crippen LogP contribution in [0.1, 0.15) is 5.56 Å². The Morgan fingerprint density at radius 1 is 1.07 bits per heavy atom. The smallest absolute Gasteiger partial charge is 0.231 e. The summed E-state index contributed by atoms with van der Waals surface area (Å²) in [5.74, 6) is 2.07. The zero-order valence-electron chi connectivity index (χ0n) is 15.9. The number of ether oxygens (including phenoxy) is 3. The highest BCUT2D eigenvalue weighted by molar-refractivity contribution is 6.30. The maximum absolute atomic E-state index is 10.4. The van der Waals surface area contributed by atoms with Crippen molar-refractivity contribution in [3.8, 4) is 17.2 Å². The van der Waals surface area contributed by atoms with Gasteiger partial charge >= 0.3 is 0 Å². The van der Waals surface area contributed by atoms with Crippen LogP contribution in [0.4, 0.5) is 5.69 Å². The van der Waals surface area contributed by atoms with Gasteiger partial charge in [-0.25, -0.2) is 0 Å². The lowest BCUT2D eigenvalue weighted by Gasteiger charge is -2.37. The molecule has 0 amide bonds. The van der Waals surface area contributed by atoms with Gasteiger partial charge in [-0.05, 0) is 36.8 Å². The van der Waals surface area contributed by atoms with Gasteiger partial charge < -0.3 is 24.2 Å². The summed E-state index contributed by atoms with van der Waals surface area (Å²) in [5, 5.41) is 11.1. The van der Waals surface area contributed by atoms with Crippen LogP contribution >= 0.6 is 11.6 Å². The fourth-order valence-corrected chi connectivity index (χ4v) is 3.77. The molecule has 1 fully saturated rings. The Labute approximate surface area is 170 Å². The van der Waals surface area contributed by atoms with Crippen LogP contribution in [0.3, 0.4) is 0 Å². The van der Waals surface area contributed by atoms with Crippen molar-refractivity contribution < 1.29 is 19.3 Å². The van der Waals surface area contributed by atoms with Crippen LogP contribution in [0.5, 0.6) is 17.2 Å². The molecule has 1 atom stereocenters. The van der Waals surface area contributed by atoms with Crippen molar-refractivity contribution in [1.29, 1.82) is 0 Å². The van der Waals surface area contributed by atoms with Crippen LogP contribution in [0.2, 0.25) is 5.02 Å². The van der Waals surface area contributed by atoms with Gasteiger partial charge in [-0.1, -0.05) is 17.7 Å². The number of benzene rings is 2. The number of rotatable bonds is 6. The molecule has 0 unspecified atom stereocenters. The van der Waals surface area contributed by atoms with Crippen molar-refractivity contribution >= 4 is 17.3 Å². The average Bonchev–Trinajstić information content (AvgIpc) is 3.17. The van der Waals surface area contributed by atoms with E-state index in [1.54, 1.807) is 6.07 Å². The van der Waals surface area contributed by atoms with E-state index in [1.165, 1.54) is 11.3 Å². The summed E-state index contributed by atoms with van der Waals surface area (Å²) in [5.41, 5.74) is 2.42. The van der Waals surface area contributed by atoms with Crippen LogP contribution < -0.4 is 19.1 Å². The molecule has 1 N–H and O–H groups in total. The molecule has 7 heteroatoms. The first-order chi connectivity index (χ1) is 13.6. The second-order valence-corrected chi connectivity index (χ2v) is 7.63. The standard InChI is InChI=1S/C21H25ClN2O4/c1-15-2-3-16(22)10-19(15)24-8-6-23(7-9-24)12-17(25)13-26-18-4-5-20-21(11-18)28-14-27-20/h2-5,10-11,17,25H,6-9,12-14H2,1H3/t17-/m1/s1. The molecule has 0 saturated carbocycles. The number of aliphatic hydroxyl groups excluding tert-OH is 1. The molecule has 0 bridgehead atoms. The molecule has 1 saturated heterocycles. The predicted molar refractivity (Wildman–Crippen MR) is 109 cm³/mol. The van der Waals surface area contributed by atoms with Crippen LogP contribution in [0, 0.1) is 6.92 Å². The van der Waals surface area contributed by atoms with Crippen molar-refractivity contribution in [2.75, 3.05) is 51.0 Å². The third-order valence-electron chi connectivity index (χ3n) is 5.14. The van der Waals surface area contributed by atoms with Gasteiger partial charge in [0, 0.05) is 49.5 Å². The Balaban J connectivity index is 1.24. The quantitative estimate of drug-likeness (QED) is 0.799. The van der Waals surface area contributed by atoms with Gasteiger partial charge in [0.1, 0.15) is 18.5 Å². The van der Waals surface area contributed by atoms with Gasteiger partial charge in [0.05, 0.1) is 0 Å². The van der Waals surface area contributed by atoms with E-state index in [-0.39, 0.29) is 13.4 Å². The van der Waals surface area contributed by atoms with Crippen molar-refractivity contribution in [2.45, 2.75) is 13.0 Å². The molecule has 0 radical (unpaired) electrons. The van der Waals surface area contributed by atoms with E-state index in [2.05, 4.69) is 22.8 Å². The lowest BCUT2D eigenvalue weighted by atomic mass is 10.1. The molecule has 2 heterocycles. The monoisotopic (exact) mass is 404 g/mol. The number of piperazine rings is 1. The number of hydrogen-bond acceptors (Lipinski definition) is 6. The van der Waals surface area contributed by atoms with Crippen LogP contribution in [-0.2, 0) is 0 Å². The molecule has 2 aromatic carbocycles. The summed E-state index contributed by atoms with van der Waals surface area (Å²) < 4.78 is 16.3. The van der Waals surface area contributed by atoms with E-state index < -0.39 is 6.10 Å². The highest BCUT2D eigenvalue weighted by Gasteiger charge is 2.21. The van der Waals surface area contributed by atoms with E-state index >= 15 is 0 Å².